The van der Waals surface area contributed by atoms with Crippen LogP contribution in [0, 0.1) is 0 Å². The number of phenols is 1. The second kappa shape index (κ2) is 6.77. The quantitative estimate of drug-likeness (QED) is 0.553. The first-order chi connectivity index (χ1) is 13.9. The third-order valence-corrected chi connectivity index (χ3v) is 5.14. The number of hydrogen-bond donors (Lipinski definition) is 1. The second-order valence-corrected chi connectivity index (χ2v) is 6.89. The van der Waals surface area contributed by atoms with E-state index in [1.54, 1.807) is 0 Å². The molecule has 1 heterocycles. The van der Waals surface area contributed by atoms with Crippen molar-refractivity contribution in [2.75, 3.05) is 14.2 Å². The van der Waals surface area contributed by atoms with Crippen molar-refractivity contribution in [3.63, 3.8) is 0 Å². The van der Waals surface area contributed by atoms with Crippen molar-refractivity contribution in [2.45, 2.75) is 19.8 Å². The van der Waals surface area contributed by atoms with E-state index in [9.17, 15) is 19.5 Å². The number of ketones is 3. The lowest BCUT2D eigenvalue weighted by molar-refractivity contribution is -0.116. The van der Waals surface area contributed by atoms with Gasteiger partial charge in [-0.15, -0.1) is 0 Å². The smallest absolute Gasteiger partial charge is 0.202 e. The molecule has 0 bridgehead atoms. The molecule has 3 aromatic rings. The number of furan rings is 1. The number of fused-ring (bicyclic) bond motifs is 3. The molecule has 0 unspecified atom stereocenters. The second-order valence-electron chi connectivity index (χ2n) is 6.89. The molecule has 7 heteroatoms. The number of aryl methyl sites for hydroxylation is 1. The Hall–Kier alpha value is -3.61. The summed E-state index contributed by atoms with van der Waals surface area (Å²) in [5.41, 5.74) is 1.05. The van der Waals surface area contributed by atoms with Gasteiger partial charge in [0.1, 0.15) is 28.6 Å². The molecule has 2 aromatic carbocycles. The Morgan fingerprint density at radius 3 is 2.41 bits per heavy atom. The zero-order valence-electron chi connectivity index (χ0n) is 16.1. The molecule has 1 N–H and O–H groups in total. The summed E-state index contributed by atoms with van der Waals surface area (Å²) in [6.45, 7) is 1.48. The highest BCUT2D eigenvalue weighted by molar-refractivity contribution is 6.31. The van der Waals surface area contributed by atoms with Gasteiger partial charge in [0.25, 0.3) is 0 Å². The van der Waals surface area contributed by atoms with Gasteiger partial charge in [-0.2, -0.15) is 0 Å². The maximum atomic E-state index is 13.3. The van der Waals surface area contributed by atoms with Gasteiger partial charge in [-0.1, -0.05) is 0 Å². The van der Waals surface area contributed by atoms with E-state index in [0.717, 1.165) is 0 Å². The zero-order chi connectivity index (χ0) is 20.9. The summed E-state index contributed by atoms with van der Waals surface area (Å²) >= 11 is 0. The van der Waals surface area contributed by atoms with E-state index >= 15 is 0 Å². The molecule has 0 atom stereocenters. The molecule has 0 spiro atoms. The molecule has 0 fully saturated rings. The molecule has 0 saturated carbocycles. The maximum Gasteiger partial charge on any atom is 0.202 e. The Bertz CT molecular complexity index is 1200. The molecular weight excluding hydrogens is 376 g/mol. The predicted octanol–water partition coefficient (Wildman–Crippen LogP) is 3.45. The SMILES string of the molecule is COc1cc(OC)c2c(c1)C(=O)c1cc3occ(CCC(C)=O)c3c(O)c1C2=O. The number of aromatic hydroxyl groups is 1. The molecule has 4 rings (SSSR count). The van der Waals surface area contributed by atoms with E-state index in [1.807, 2.05) is 0 Å². The highest BCUT2D eigenvalue weighted by Crippen LogP contribution is 2.43. The highest BCUT2D eigenvalue weighted by Gasteiger charge is 2.37. The van der Waals surface area contributed by atoms with Crippen molar-refractivity contribution in [1.29, 1.82) is 0 Å². The molecule has 7 nitrogen and oxygen atoms in total. The van der Waals surface area contributed by atoms with Gasteiger partial charge in [0.05, 0.1) is 37.0 Å². The van der Waals surface area contributed by atoms with Gasteiger partial charge < -0.3 is 23.8 Å². The lowest BCUT2D eigenvalue weighted by Crippen LogP contribution is -2.22. The first kappa shape index (κ1) is 18.7. The van der Waals surface area contributed by atoms with Gasteiger partial charge in [-0.25, -0.2) is 0 Å². The summed E-state index contributed by atoms with van der Waals surface area (Å²) < 4.78 is 16.0. The van der Waals surface area contributed by atoms with Crippen LogP contribution in [-0.2, 0) is 11.2 Å². The number of carbonyl (C=O) groups is 3. The Balaban J connectivity index is 1.96. The van der Waals surface area contributed by atoms with Crippen molar-refractivity contribution in [2.24, 2.45) is 0 Å². The van der Waals surface area contributed by atoms with E-state index in [0.29, 0.717) is 23.1 Å². The standard InChI is InChI=1S/C22H18O7/c1-10(23)4-5-11-9-29-16-8-14-19(21(25)17(11)16)22(26)18-13(20(14)24)6-12(27-2)7-15(18)28-3/h6-9,25H,4-5H2,1-3H3. The Kier molecular flexibility index (Phi) is 4.38. The van der Waals surface area contributed by atoms with Gasteiger partial charge in [0.15, 0.2) is 5.78 Å². The van der Waals surface area contributed by atoms with Gasteiger partial charge >= 0.3 is 0 Å². The molecule has 1 aliphatic rings. The van der Waals surface area contributed by atoms with Gasteiger partial charge in [0, 0.05) is 29.2 Å². The lowest BCUT2D eigenvalue weighted by atomic mass is 9.82. The van der Waals surface area contributed by atoms with E-state index in [1.165, 1.54) is 45.6 Å². The summed E-state index contributed by atoms with van der Waals surface area (Å²) in [4.78, 5) is 37.8. The first-order valence-corrected chi connectivity index (χ1v) is 8.98. The van der Waals surface area contributed by atoms with Crippen LogP contribution >= 0.6 is 0 Å². The van der Waals surface area contributed by atoms with Gasteiger partial charge in [0.2, 0.25) is 5.78 Å². The Morgan fingerprint density at radius 1 is 1.03 bits per heavy atom. The minimum atomic E-state index is -0.521. The molecule has 148 valence electrons. The zero-order valence-corrected chi connectivity index (χ0v) is 16.1. The van der Waals surface area contributed by atoms with Crippen LogP contribution in [-0.4, -0.2) is 36.7 Å². The lowest BCUT2D eigenvalue weighted by Gasteiger charge is -2.21. The normalized spacial score (nSPS) is 12.7. The van der Waals surface area contributed by atoms with Crippen LogP contribution in [0.5, 0.6) is 17.2 Å². The van der Waals surface area contributed by atoms with Crippen molar-refractivity contribution in [1.82, 2.24) is 0 Å². The van der Waals surface area contributed by atoms with Crippen LogP contribution in [0.2, 0.25) is 0 Å². The molecular formula is C22H18O7. The number of methoxy groups -OCH3 is 2. The Labute approximate surface area is 165 Å². The maximum absolute atomic E-state index is 13.3. The number of phenolic OH excluding ortho intramolecular Hbond substituents is 1. The number of ether oxygens (including phenoxy) is 2. The summed E-state index contributed by atoms with van der Waals surface area (Å²) in [7, 11) is 2.84. The van der Waals surface area contributed by atoms with Crippen LogP contribution in [0.3, 0.4) is 0 Å². The van der Waals surface area contributed by atoms with E-state index in [2.05, 4.69) is 0 Å². The molecule has 0 amide bonds. The molecule has 0 aliphatic heterocycles. The predicted molar refractivity (Wildman–Crippen MR) is 103 cm³/mol. The molecule has 1 aromatic heterocycles. The number of benzene rings is 2. The molecule has 0 saturated heterocycles. The minimum Gasteiger partial charge on any atom is -0.506 e. The van der Waals surface area contributed by atoms with Gasteiger partial charge in [-0.3, -0.25) is 9.59 Å². The largest absolute Gasteiger partial charge is 0.506 e. The number of Topliss-reactive ketones (excluding diaryl/α,β-unsaturated/α-hetero) is 1. The van der Waals surface area contributed by atoms with Gasteiger partial charge in [-0.05, 0) is 25.5 Å². The first-order valence-electron chi connectivity index (χ1n) is 8.98. The third kappa shape index (κ3) is 2.77. The fourth-order valence-corrected chi connectivity index (χ4v) is 3.70. The van der Waals surface area contributed by atoms with Crippen molar-refractivity contribution >= 4 is 28.3 Å². The highest BCUT2D eigenvalue weighted by atomic mass is 16.5. The molecule has 0 radical (unpaired) electrons. The number of rotatable bonds is 5. The average molecular weight is 394 g/mol. The third-order valence-electron chi connectivity index (χ3n) is 5.14. The summed E-state index contributed by atoms with van der Waals surface area (Å²) in [6.07, 6.45) is 2.06. The molecule has 29 heavy (non-hydrogen) atoms. The van der Waals surface area contributed by atoms with Crippen LogP contribution in [0.25, 0.3) is 11.0 Å². The van der Waals surface area contributed by atoms with E-state index in [4.69, 9.17) is 13.9 Å². The summed E-state index contributed by atoms with van der Waals surface area (Å²) in [5.74, 6) is -0.730. The monoisotopic (exact) mass is 394 g/mol. The summed E-state index contributed by atoms with van der Waals surface area (Å²) in [6, 6.07) is 4.44. The van der Waals surface area contributed by atoms with Crippen LogP contribution in [0.4, 0.5) is 0 Å². The van der Waals surface area contributed by atoms with Crippen LogP contribution in [0.15, 0.2) is 28.9 Å². The van der Waals surface area contributed by atoms with Crippen molar-refractivity contribution in [3.8, 4) is 17.2 Å². The minimum absolute atomic E-state index is 0.00401. The van der Waals surface area contributed by atoms with E-state index < -0.39 is 11.6 Å². The van der Waals surface area contributed by atoms with Crippen LogP contribution < -0.4 is 9.47 Å². The summed E-state index contributed by atoms with van der Waals surface area (Å²) in [5, 5.41) is 11.3. The number of carbonyl (C=O) groups excluding carboxylic acids is 3. The van der Waals surface area contributed by atoms with Crippen LogP contribution in [0.1, 0.15) is 50.8 Å². The number of hydrogen-bond acceptors (Lipinski definition) is 7. The van der Waals surface area contributed by atoms with Crippen molar-refractivity contribution < 1.29 is 33.4 Å². The average Bonchev–Trinajstić information content (AvgIpc) is 3.12. The fourth-order valence-electron chi connectivity index (χ4n) is 3.70. The van der Waals surface area contributed by atoms with Crippen molar-refractivity contribution in [3.05, 3.63) is 52.3 Å². The topological polar surface area (TPSA) is 103 Å². The van der Waals surface area contributed by atoms with E-state index in [-0.39, 0.29) is 51.5 Å². The Morgan fingerprint density at radius 2 is 1.76 bits per heavy atom. The fraction of sp³-hybridized carbons (Fsp3) is 0.227. The molecule has 1 aliphatic carbocycles.